The topological polar surface area (TPSA) is 49.0 Å². The zero-order valence-electron chi connectivity index (χ0n) is 8.66. The van der Waals surface area contributed by atoms with Crippen molar-refractivity contribution in [2.24, 2.45) is 5.92 Å². The second-order valence-electron chi connectivity index (χ2n) is 3.85. The largest absolute Gasteiger partial charge is 0.355 e. The lowest BCUT2D eigenvalue weighted by Crippen LogP contribution is -2.28. The SMILES string of the molecule is CCN(CC1CC1)c1nc[nH]c(=O)c1Cl. The number of hydrogen-bond donors (Lipinski definition) is 1. The van der Waals surface area contributed by atoms with Crippen molar-refractivity contribution in [1.82, 2.24) is 9.97 Å². The summed E-state index contributed by atoms with van der Waals surface area (Å²) in [6.45, 7) is 3.82. The van der Waals surface area contributed by atoms with Crippen LogP contribution in [0.3, 0.4) is 0 Å². The highest BCUT2D eigenvalue weighted by atomic mass is 35.5. The van der Waals surface area contributed by atoms with Crippen molar-refractivity contribution in [2.45, 2.75) is 19.8 Å². The maximum Gasteiger partial charge on any atom is 0.271 e. The Hall–Kier alpha value is -1.03. The van der Waals surface area contributed by atoms with Crippen molar-refractivity contribution >= 4 is 17.4 Å². The fourth-order valence-electron chi connectivity index (χ4n) is 1.57. The summed E-state index contributed by atoms with van der Waals surface area (Å²) >= 11 is 5.92. The third-order valence-electron chi connectivity index (χ3n) is 2.63. The van der Waals surface area contributed by atoms with E-state index in [1.165, 1.54) is 19.2 Å². The maximum atomic E-state index is 11.3. The summed E-state index contributed by atoms with van der Waals surface area (Å²) in [6, 6.07) is 0. The molecule has 0 radical (unpaired) electrons. The standard InChI is InChI=1S/C10H14ClN3O/c1-2-14(5-7-3-4-7)9-8(11)10(15)13-6-12-9/h6-7H,2-5H2,1H3,(H,12,13,15). The summed E-state index contributed by atoms with van der Waals surface area (Å²) in [5.41, 5.74) is -0.268. The van der Waals surface area contributed by atoms with Gasteiger partial charge in [-0.05, 0) is 25.7 Å². The number of rotatable bonds is 4. The molecule has 15 heavy (non-hydrogen) atoms. The third kappa shape index (κ3) is 2.31. The van der Waals surface area contributed by atoms with Crippen LogP contribution >= 0.6 is 11.6 Å². The average Bonchev–Trinajstić information content (AvgIpc) is 3.03. The van der Waals surface area contributed by atoms with Crippen LogP contribution in [-0.2, 0) is 0 Å². The lowest BCUT2D eigenvalue weighted by atomic mass is 10.3. The number of H-pyrrole nitrogens is 1. The van der Waals surface area contributed by atoms with Gasteiger partial charge in [0.05, 0.1) is 6.33 Å². The smallest absolute Gasteiger partial charge is 0.271 e. The molecule has 0 saturated heterocycles. The monoisotopic (exact) mass is 227 g/mol. The van der Waals surface area contributed by atoms with Gasteiger partial charge in [-0.1, -0.05) is 11.6 Å². The van der Waals surface area contributed by atoms with E-state index in [4.69, 9.17) is 11.6 Å². The molecule has 0 atom stereocenters. The number of aromatic amines is 1. The molecule has 0 aromatic carbocycles. The summed E-state index contributed by atoms with van der Waals surface area (Å²) in [5.74, 6) is 1.36. The predicted octanol–water partition coefficient (Wildman–Crippen LogP) is 1.66. The van der Waals surface area contributed by atoms with Gasteiger partial charge in [-0.3, -0.25) is 4.79 Å². The first-order valence-corrected chi connectivity index (χ1v) is 5.58. The molecular formula is C10H14ClN3O. The van der Waals surface area contributed by atoms with Gasteiger partial charge in [-0.25, -0.2) is 4.98 Å². The number of nitrogens with zero attached hydrogens (tertiary/aromatic N) is 2. The Kier molecular flexibility index (Phi) is 2.95. The van der Waals surface area contributed by atoms with E-state index in [2.05, 4.69) is 14.9 Å². The van der Waals surface area contributed by atoms with Crippen LogP contribution in [0.4, 0.5) is 5.82 Å². The summed E-state index contributed by atoms with van der Waals surface area (Å²) in [7, 11) is 0. The molecule has 1 N–H and O–H groups in total. The van der Waals surface area contributed by atoms with Crippen molar-refractivity contribution in [3.63, 3.8) is 0 Å². The van der Waals surface area contributed by atoms with Gasteiger partial charge >= 0.3 is 0 Å². The molecule has 1 aliphatic carbocycles. The molecule has 1 heterocycles. The first-order chi connectivity index (χ1) is 7.22. The molecule has 82 valence electrons. The van der Waals surface area contributed by atoms with Gasteiger partial charge in [0.1, 0.15) is 5.02 Å². The second-order valence-corrected chi connectivity index (χ2v) is 4.23. The van der Waals surface area contributed by atoms with Gasteiger partial charge in [0.15, 0.2) is 5.82 Å². The highest BCUT2D eigenvalue weighted by molar-refractivity contribution is 6.32. The van der Waals surface area contributed by atoms with Crippen LogP contribution in [0.1, 0.15) is 19.8 Å². The van der Waals surface area contributed by atoms with Crippen LogP contribution in [0.15, 0.2) is 11.1 Å². The molecule has 0 bridgehead atoms. The number of halogens is 1. The van der Waals surface area contributed by atoms with Gasteiger partial charge in [-0.15, -0.1) is 0 Å². The highest BCUT2D eigenvalue weighted by Crippen LogP contribution is 2.31. The minimum absolute atomic E-state index is 0.194. The fourth-order valence-corrected chi connectivity index (χ4v) is 1.79. The molecule has 4 nitrogen and oxygen atoms in total. The van der Waals surface area contributed by atoms with Crippen LogP contribution in [0.25, 0.3) is 0 Å². The maximum absolute atomic E-state index is 11.3. The molecule has 2 rings (SSSR count). The Morgan fingerprint density at radius 2 is 2.40 bits per heavy atom. The first-order valence-electron chi connectivity index (χ1n) is 5.20. The van der Waals surface area contributed by atoms with Crippen LogP contribution < -0.4 is 10.5 Å². The summed E-state index contributed by atoms with van der Waals surface area (Å²) in [4.78, 5) is 20.0. The number of anilines is 1. The van der Waals surface area contributed by atoms with E-state index >= 15 is 0 Å². The molecule has 0 unspecified atom stereocenters. The number of aromatic nitrogens is 2. The molecule has 1 aromatic heterocycles. The molecule has 0 aliphatic heterocycles. The van der Waals surface area contributed by atoms with E-state index < -0.39 is 0 Å². The van der Waals surface area contributed by atoms with Gasteiger partial charge in [0.2, 0.25) is 0 Å². The highest BCUT2D eigenvalue weighted by Gasteiger charge is 2.25. The normalized spacial score (nSPS) is 15.3. The molecule has 5 heteroatoms. The van der Waals surface area contributed by atoms with Crippen molar-refractivity contribution < 1.29 is 0 Å². The molecular weight excluding hydrogens is 214 g/mol. The lowest BCUT2D eigenvalue weighted by Gasteiger charge is -2.21. The van der Waals surface area contributed by atoms with Crippen LogP contribution in [0.2, 0.25) is 5.02 Å². The predicted molar refractivity (Wildman–Crippen MR) is 60.5 cm³/mol. The number of hydrogen-bond acceptors (Lipinski definition) is 3. The fraction of sp³-hybridized carbons (Fsp3) is 0.600. The van der Waals surface area contributed by atoms with Crippen molar-refractivity contribution in [3.8, 4) is 0 Å². The number of nitrogens with one attached hydrogen (secondary N) is 1. The average molecular weight is 228 g/mol. The quantitative estimate of drug-likeness (QED) is 0.851. The Balaban J connectivity index is 2.24. The lowest BCUT2D eigenvalue weighted by molar-refractivity contribution is 0.729. The minimum atomic E-state index is -0.268. The summed E-state index contributed by atoms with van der Waals surface area (Å²) < 4.78 is 0. The Morgan fingerprint density at radius 3 is 3.00 bits per heavy atom. The second kappa shape index (κ2) is 4.23. The van der Waals surface area contributed by atoms with Crippen molar-refractivity contribution in [2.75, 3.05) is 18.0 Å². The zero-order chi connectivity index (χ0) is 10.8. The Morgan fingerprint density at radius 1 is 1.67 bits per heavy atom. The minimum Gasteiger partial charge on any atom is -0.355 e. The molecule has 1 fully saturated rings. The Labute approximate surface area is 93.3 Å². The van der Waals surface area contributed by atoms with Gasteiger partial charge < -0.3 is 9.88 Å². The summed E-state index contributed by atoms with van der Waals surface area (Å²) in [5, 5.41) is 0.194. The molecule has 1 saturated carbocycles. The first kappa shape index (κ1) is 10.5. The van der Waals surface area contributed by atoms with E-state index in [1.807, 2.05) is 6.92 Å². The third-order valence-corrected chi connectivity index (χ3v) is 2.98. The van der Waals surface area contributed by atoms with E-state index in [9.17, 15) is 4.79 Å². The molecule has 1 aromatic rings. The van der Waals surface area contributed by atoms with E-state index in [0.29, 0.717) is 5.82 Å². The molecule has 1 aliphatic rings. The van der Waals surface area contributed by atoms with Crippen LogP contribution in [0, 0.1) is 5.92 Å². The van der Waals surface area contributed by atoms with Crippen LogP contribution in [0.5, 0.6) is 0 Å². The Bertz CT molecular complexity index is 400. The van der Waals surface area contributed by atoms with Gasteiger partial charge in [0, 0.05) is 13.1 Å². The van der Waals surface area contributed by atoms with E-state index in [1.54, 1.807) is 0 Å². The van der Waals surface area contributed by atoms with E-state index in [-0.39, 0.29) is 10.6 Å². The van der Waals surface area contributed by atoms with Crippen LogP contribution in [-0.4, -0.2) is 23.1 Å². The zero-order valence-corrected chi connectivity index (χ0v) is 9.42. The van der Waals surface area contributed by atoms with Gasteiger partial charge in [0.25, 0.3) is 5.56 Å². The van der Waals surface area contributed by atoms with Gasteiger partial charge in [-0.2, -0.15) is 0 Å². The van der Waals surface area contributed by atoms with Crippen molar-refractivity contribution in [3.05, 3.63) is 21.7 Å². The van der Waals surface area contributed by atoms with Crippen molar-refractivity contribution in [1.29, 1.82) is 0 Å². The molecule has 0 spiro atoms. The molecule has 0 amide bonds. The summed E-state index contributed by atoms with van der Waals surface area (Å²) in [6.07, 6.45) is 3.95. The van der Waals surface area contributed by atoms with E-state index in [0.717, 1.165) is 19.0 Å².